The van der Waals surface area contributed by atoms with E-state index in [0.717, 1.165) is 4.90 Å². The number of fused-ring (bicyclic) bond motifs is 2. The summed E-state index contributed by atoms with van der Waals surface area (Å²) in [7, 11) is 1.50. The lowest BCUT2D eigenvalue weighted by Gasteiger charge is -2.26. The van der Waals surface area contributed by atoms with Crippen LogP contribution in [0, 0.1) is 5.92 Å². The molecule has 33 heavy (non-hydrogen) atoms. The first kappa shape index (κ1) is 22.3. The smallest absolute Gasteiger partial charge is 0.336 e. The summed E-state index contributed by atoms with van der Waals surface area (Å²) in [6, 6.07) is 11.6. The van der Waals surface area contributed by atoms with Crippen molar-refractivity contribution in [1.82, 2.24) is 4.90 Å². The van der Waals surface area contributed by atoms with Gasteiger partial charge in [0.2, 0.25) is 0 Å². The van der Waals surface area contributed by atoms with Crippen molar-refractivity contribution in [3.05, 3.63) is 75.6 Å². The van der Waals surface area contributed by atoms with E-state index in [1.807, 2.05) is 13.8 Å². The summed E-state index contributed by atoms with van der Waals surface area (Å²) in [5, 5.41) is 0.587. The third kappa shape index (κ3) is 4.24. The summed E-state index contributed by atoms with van der Waals surface area (Å²) in [5.41, 5.74) is 0.685. The largest absolute Gasteiger partial charge is 0.497 e. The summed E-state index contributed by atoms with van der Waals surface area (Å²) < 4.78 is 15.9. The lowest BCUT2D eigenvalue weighted by atomic mass is 10.0. The monoisotopic (exact) mass is 449 g/mol. The molecule has 0 saturated heterocycles. The number of carbonyl (C=O) groups is 3. The fourth-order valence-corrected chi connectivity index (χ4v) is 3.95. The third-order valence-corrected chi connectivity index (χ3v) is 5.51. The average molecular weight is 449 g/mol. The molecule has 1 aromatic heterocycles. The van der Waals surface area contributed by atoms with Gasteiger partial charge in [-0.25, -0.2) is 9.59 Å². The first-order valence-corrected chi connectivity index (χ1v) is 10.5. The Kier molecular flexibility index (Phi) is 6.00. The molecule has 2 aromatic carbocycles. The number of esters is 1. The maximum Gasteiger partial charge on any atom is 0.336 e. The molecule has 8 heteroatoms. The molecule has 0 saturated carbocycles. The van der Waals surface area contributed by atoms with Crippen LogP contribution in [0.25, 0.3) is 11.0 Å². The first-order valence-electron chi connectivity index (χ1n) is 10.5. The minimum Gasteiger partial charge on any atom is -0.497 e. The quantitative estimate of drug-likeness (QED) is 0.309. The van der Waals surface area contributed by atoms with Gasteiger partial charge in [-0.2, -0.15) is 0 Å². The number of carbonyl (C=O) groups excluding carboxylic acids is 3. The van der Waals surface area contributed by atoms with Gasteiger partial charge >= 0.3 is 11.6 Å². The van der Waals surface area contributed by atoms with Gasteiger partial charge in [-0.05, 0) is 36.6 Å². The predicted octanol–water partition coefficient (Wildman–Crippen LogP) is 3.56. The van der Waals surface area contributed by atoms with Crippen molar-refractivity contribution in [1.29, 1.82) is 0 Å². The molecule has 0 N–H and O–H groups in total. The fourth-order valence-electron chi connectivity index (χ4n) is 3.95. The van der Waals surface area contributed by atoms with Gasteiger partial charge in [0.15, 0.2) is 0 Å². The highest BCUT2D eigenvalue weighted by Crippen LogP contribution is 2.28. The molecule has 3 aromatic rings. The van der Waals surface area contributed by atoms with Gasteiger partial charge in [0.1, 0.15) is 24.0 Å². The normalized spacial score (nSPS) is 14.0. The van der Waals surface area contributed by atoms with Gasteiger partial charge in [-0.15, -0.1) is 0 Å². The molecule has 1 aliphatic heterocycles. The molecule has 1 unspecified atom stereocenters. The Morgan fingerprint density at radius 2 is 1.67 bits per heavy atom. The number of amides is 2. The second kappa shape index (κ2) is 8.90. The number of benzene rings is 2. The summed E-state index contributed by atoms with van der Waals surface area (Å²) in [6.07, 6.45) is 0.249. The van der Waals surface area contributed by atoms with E-state index in [1.165, 1.54) is 13.2 Å². The molecular formula is C25H23NO7. The van der Waals surface area contributed by atoms with Crippen molar-refractivity contribution in [2.24, 2.45) is 5.92 Å². The van der Waals surface area contributed by atoms with Crippen LogP contribution < -0.4 is 10.4 Å². The van der Waals surface area contributed by atoms with E-state index in [-0.39, 0.29) is 30.1 Å². The van der Waals surface area contributed by atoms with E-state index in [4.69, 9.17) is 13.9 Å². The van der Waals surface area contributed by atoms with E-state index in [2.05, 4.69) is 0 Å². The second-order valence-corrected chi connectivity index (χ2v) is 8.23. The summed E-state index contributed by atoms with van der Waals surface area (Å²) in [5.74, 6) is -1.22. The summed E-state index contributed by atoms with van der Waals surface area (Å²) in [4.78, 5) is 51.9. The average Bonchev–Trinajstić information content (AvgIpc) is 3.05. The predicted molar refractivity (Wildman–Crippen MR) is 119 cm³/mol. The van der Waals surface area contributed by atoms with Crippen LogP contribution in [0.2, 0.25) is 0 Å². The highest BCUT2D eigenvalue weighted by Gasteiger charge is 2.43. The molecule has 2 amide bonds. The molecule has 0 bridgehead atoms. The van der Waals surface area contributed by atoms with Crippen molar-refractivity contribution in [3.63, 3.8) is 0 Å². The maximum absolute atomic E-state index is 13.1. The molecule has 0 fully saturated rings. The van der Waals surface area contributed by atoms with Gasteiger partial charge in [0.25, 0.3) is 11.8 Å². The molecule has 8 nitrogen and oxygen atoms in total. The number of imide groups is 1. The van der Waals surface area contributed by atoms with Gasteiger partial charge in [0.05, 0.1) is 18.2 Å². The Bertz CT molecular complexity index is 1270. The van der Waals surface area contributed by atoms with Crippen LogP contribution in [0.5, 0.6) is 5.75 Å². The Morgan fingerprint density at radius 3 is 2.27 bits per heavy atom. The molecule has 1 atom stereocenters. The Balaban J connectivity index is 1.60. The highest BCUT2D eigenvalue weighted by atomic mass is 16.5. The zero-order valence-electron chi connectivity index (χ0n) is 18.5. The van der Waals surface area contributed by atoms with Crippen molar-refractivity contribution >= 4 is 28.8 Å². The topological polar surface area (TPSA) is 103 Å². The molecule has 170 valence electrons. The Labute approximate surface area is 189 Å². The van der Waals surface area contributed by atoms with E-state index >= 15 is 0 Å². The number of nitrogens with zero attached hydrogens (tertiary/aromatic N) is 1. The minimum atomic E-state index is -1.08. The zero-order valence-corrected chi connectivity index (χ0v) is 18.5. The molecule has 0 aliphatic carbocycles. The van der Waals surface area contributed by atoms with Crippen molar-refractivity contribution in [2.45, 2.75) is 32.9 Å². The Hall–Kier alpha value is -3.94. The lowest BCUT2D eigenvalue weighted by Crippen LogP contribution is -2.46. The van der Waals surface area contributed by atoms with Crippen LogP contribution in [0.4, 0.5) is 0 Å². The van der Waals surface area contributed by atoms with Crippen LogP contribution in [0.15, 0.2) is 57.7 Å². The van der Waals surface area contributed by atoms with Gasteiger partial charge in [0, 0.05) is 23.1 Å². The van der Waals surface area contributed by atoms with E-state index < -0.39 is 29.5 Å². The van der Waals surface area contributed by atoms with Gasteiger partial charge < -0.3 is 13.9 Å². The number of ether oxygens (including phenoxy) is 2. The fraction of sp³-hybridized carbons (Fsp3) is 0.280. The standard InChI is InChI=1S/C25H23NO7/c1-14(2)10-20(26-23(28)18-6-4-5-7-19(18)24(26)29)25(30)32-13-15-11-22(27)33-21-12-16(31-3)8-9-17(15)21/h4-9,11-12,14,20H,10,13H2,1-3H3. The van der Waals surface area contributed by atoms with Crippen LogP contribution >= 0.6 is 0 Å². The molecule has 0 radical (unpaired) electrons. The van der Waals surface area contributed by atoms with Crippen molar-refractivity contribution in [2.75, 3.05) is 7.11 Å². The van der Waals surface area contributed by atoms with Gasteiger partial charge in [-0.3, -0.25) is 14.5 Å². The first-order chi connectivity index (χ1) is 15.8. The van der Waals surface area contributed by atoms with Crippen molar-refractivity contribution in [3.8, 4) is 5.75 Å². The van der Waals surface area contributed by atoms with E-state index in [0.29, 0.717) is 22.3 Å². The van der Waals surface area contributed by atoms with Crippen LogP contribution in [-0.4, -0.2) is 35.8 Å². The van der Waals surface area contributed by atoms with Crippen molar-refractivity contribution < 1.29 is 28.3 Å². The number of hydrogen-bond acceptors (Lipinski definition) is 7. The van der Waals surface area contributed by atoms with E-state index in [9.17, 15) is 19.2 Å². The zero-order chi connectivity index (χ0) is 23.7. The molecule has 1 aliphatic rings. The summed E-state index contributed by atoms with van der Waals surface area (Å²) >= 11 is 0. The van der Waals surface area contributed by atoms with E-state index in [1.54, 1.807) is 42.5 Å². The molecule has 0 spiro atoms. The molecular weight excluding hydrogens is 426 g/mol. The second-order valence-electron chi connectivity index (χ2n) is 8.23. The number of hydrogen-bond donors (Lipinski definition) is 0. The number of rotatable bonds is 7. The van der Waals surface area contributed by atoms with Crippen LogP contribution in [0.1, 0.15) is 46.5 Å². The summed E-state index contributed by atoms with van der Waals surface area (Å²) in [6.45, 7) is 3.56. The number of methoxy groups -OCH3 is 1. The van der Waals surface area contributed by atoms with Gasteiger partial charge in [-0.1, -0.05) is 26.0 Å². The lowest BCUT2D eigenvalue weighted by molar-refractivity contribution is -0.150. The third-order valence-electron chi connectivity index (χ3n) is 5.51. The highest BCUT2D eigenvalue weighted by molar-refractivity contribution is 6.22. The molecule has 2 heterocycles. The SMILES string of the molecule is COc1ccc2c(COC(=O)C(CC(C)C)N3C(=O)c4ccccc4C3=O)cc(=O)oc2c1. The Morgan fingerprint density at radius 1 is 1.00 bits per heavy atom. The minimum absolute atomic E-state index is 0.0175. The van der Waals surface area contributed by atoms with Crippen LogP contribution in [0.3, 0.4) is 0 Å². The maximum atomic E-state index is 13.1. The van der Waals surface area contributed by atoms with Crippen LogP contribution in [-0.2, 0) is 16.1 Å². The molecule has 4 rings (SSSR count).